The second-order valence-electron chi connectivity index (χ2n) is 6.47. The Morgan fingerprint density at radius 3 is 2.66 bits per heavy atom. The van der Waals surface area contributed by atoms with Crippen molar-refractivity contribution >= 4 is 35.0 Å². The largest absolute Gasteiger partial charge is 0.485 e. The maximum absolute atomic E-state index is 12.2. The molecular formula is C21H23ClN4O2S. The molecule has 1 N–H and O–H groups in total. The number of benzene rings is 2. The van der Waals surface area contributed by atoms with Gasteiger partial charge in [-0.05, 0) is 62.2 Å². The Morgan fingerprint density at radius 2 is 1.93 bits per heavy atom. The molecule has 29 heavy (non-hydrogen) atoms. The van der Waals surface area contributed by atoms with Crippen LogP contribution in [0.4, 0.5) is 5.69 Å². The van der Waals surface area contributed by atoms with Crippen molar-refractivity contribution in [1.82, 2.24) is 14.8 Å². The number of aryl methyl sites for hydroxylation is 1. The minimum atomic E-state index is -0.115. The van der Waals surface area contributed by atoms with Gasteiger partial charge in [-0.2, -0.15) is 0 Å². The van der Waals surface area contributed by atoms with E-state index < -0.39 is 0 Å². The predicted octanol–water partition coefficient (Wildman–Crippen LogP) is 4.88. The number of aromatic nitrogens is 3. The van der Waals surface area contributed by atoms with Crippen LogP contribution in [0, 0.1) is 13.8 Å². The summed E-state index contributed by atoms with van der Waals surface area (Å²) in [4.78, 5) is 12.2. The first-order valence-electron chi connectivity index (χ1n) is 9.27. The molecule has 1 heterocycles. The van der Waals surface area contributed by atoms with Crippen LogP contribution < -0.4 is 10.1 Å². The highest BCUT2D eigenvalue weighted by Crippen LogP contribution is 2.23. The normalized spacial score (nSPS) is 10.8. The Bertz CT molecular complexity index is 989. The Kier molecular flexibility index (Phi) is 7.17. The Labute approximate surface area is 179 Å². The molecule has 3 aromatic rings. The fourth-order valence-corrected chi connectivity index (χ4v) is 3.68. The van der Waals surface area contributed by atoms with Crippen molar-refractivity contribution in [2.24, 2.45) is 0 Å². The van der Waals surface area contributed by atoms with Gasteiger partial charge in [-0.25, -0.2) is 0 Å². The molecule has 0 aliphatic rings. The van der Waals surface area contributed by atoms with Gasteiger partial charge in [-0.1, -0.05) is 35.5 Å². The first kappa shape index (κ1) is 21.2. The van der Waals surface area contributed by atoms with Crippen LogP contribution in [0.2, 0.25) is 5.02 Å². The van der Waals surface area contributed by atoms with Gasteiger partial charge < -0.3 is 14.6 Å². The molecule has 0 atom stereocenters. The summed E-state index contributed by atoms with van der Waals surface area (Å²) in [6, 6.07) is 13.0. The molecule has 0 radical (unpaired) electrons. The number of anilines is 1. The molecule has 1 aromatic heterocycles. The predicted molar refractivity (Wildman–Crippen MR) is 117 cm³/mol. The molecule has 0 unspecified atom stereocenters. The molecule has 152 valence electrons. The Morgan fingerprint density at radius 1 is 1.17 bits per heavy atom. The summed E-state index contributed by atoms with van der Waals surface area (Å²) in [6.45, 7) is 7.13. The van der Waals surface area contributed by atoms with Gasteiger partial charge in [-0.3, -0.25) is 4.79 Å². The van der Waals surface area contributed by atoms with E-state index in [1.807, 2.05) is 30.5 Å². The third-order valence-electron chi connectivity index (χ3n) is 4.48. The van der Waals surface area contributed by atoms with Gasteiger partial charge >= 0.3 is 0 Å². The summed E-state index contributed by atoms with van der Waals surface area (Å²) in [7, 11) is 0. The molecule has 2 aromatic carbocycles. The van der Waals surface area contributed by atoms with Crippen molar-refractivity contribution in [2.45, 2.75) is 39.1 Å². The molecule has 0 spiro atoms. The van der Waals surface area contributed by atoms with Gasteiger partial charge in [0.2, 0.25) is 5.91 Å². The van der Waals surface area contributed by atoms with E-state index in [1.54, 1.807) is 24.3 Å². The average Bonchev–Trinajstić information content (AvgIpc) is 3.11. The van der Waals surface area contributed by atoms with Crippen LogP contribution in [-0.2, 0) is 17.9 Å². The van der Waals surface area contributed by atoms with Gasteiger partial charge in [0.25, 0.3) is 0 Å². The summed E-state index contributed by atoms with van der Waals surface area (Å²) < 4.78 is 7.91. The summed E-state index contributed by atoms with van der Waals surface area (Å²) in [5.41, 5.74) is 3.01. The van der Waals surface area contributed by atoms with Crippen molar-refractivity contribution in [3.63, 3.8) is 0 Å². The number of carbonyl (C=O) groups is 1. The zero-order valence-electron chi connectivity index (χ0n) is 16.6. The van der Waals surface area contributed by atoms with Crippen molar-refractivity contribution in [1.29, 1.82) is 0 Å². The molecule has 0 fully saturated rings. The quantitative estimate of drug-likeness (QED) is 0.516. The van der Waals surface area contributed by atoms with Crippen LogP contribution in [0.5, 0.6) is 5.75 Å². The lowest BCUT2D eigenvalue weighted by atomic mass is 10.1. The molecule has 3 rings (SSSR count). The van der Waals surface area contributed by atoms with Crippen LogP contribution >= 0.6 is 23.4 Å². The highest BCUT2D eigenvalue weighted by molar-refractivity contribution is 7.99. The standard InChI is InChI=1S/C21H23ClN4O2S/c1-4-26-19(12-28-18-7-5-6-14(2)15(18)3)24-25-21(26)29-13-20(27)23-17-10-8-16(22)9-11-17/h5-11H,4,12-13H2,1-3H3,(H,23,27). The number of hydrogen-bond donors (Lipinski definition) is 1. The van der Waals surface area contributed by atoms with Crippen LogP contribution in [0.15, 0.2) is 47.6 Å². The first-order valence-corrected chi connectivity index (χ1v) is 10.6. The van der Waals surface area contributed by atoms with Crippen LogP contribution in [0.1, 0.15) is 23.9 Å². The SMILES string of the molecule is CCn1c(COc2cccc(C)c2C)nnc1SCC(=O)Nc1ccc(Cl)cc1. The number of thioether (sulfide) groups is 1. The van der Waals surface area contributed by atoms with Gasteiger partial charge in [0.1, 0.15) is 12.4 Å². The van der Waals surface area contributed by atoms with Crippen molar-refractivity contribution in [3.05, 3.63) is 64.4 Å². The summed E-state index contributed by atoms with van der Waals surface area (Å²) in [5, 5.41) is 12.6. The molecule has 0 saturated carbocycles. The van der Waals surface area contributed by atoms with Crippen molar-refractivity contribution in [3.8, 4) is 5.75 Å². The lowest BCUT2D eigenvalue weighted by molar-refractivity contribution is -0.113. The third-order valence-corrected chi connectivity index (χ3v) is 5.70. The van der Waals surface area contributed by atoms with E-state index in [9.17, 15) is 4.79 Å². The van der Waals surface area contributed by atoms with E-state index in [4.69, 9.17) is 16.3 Å². The molecule has 0 aliphatic carbocycles. The maximum atomic E-state index is 12.2. The highest BCUT2D eigenvalue weighted by atomic mass is 35.5. The van der Waals surface area contributed by atoms with Gasteiger partial charge in [0, 0.05) is 17.3 Å². The summed E-state index contributed by atoms with van der Waals surface area (Å²) >= 11 is 7.21. The van der Waals surface area contributed by atoms with Crippen molar-refractivity contribution < 1.29 is 9.53 Å². The number of ether oxygens (including phenoxy) is 1. The van der Waals surface area contributed by atoms with Crippen LogP contribution in [-0.4, -0.2) is 26.4 Å². The monoisotopic (exact) mass is 430 g/mol. The lowest BCUT2D eigenvalue weighted by Crippen LogP contribution is -2.14. The fraction of sp³-hybridized carbons (Fsp3) is 0.286. The van der Waals surface area contributed by atoms with Gasteiger partial charge in [-0.15, -0.1) is 10.2 Å². The second-order valence-corrected chi connectivity index (χ2v) is 7.85. The number of amides is 1. The maximum Gasteiger partial charge on any atom is 0.234 e. The first-order chi connectivity index (χ1) is 14.0. The van der Waals surface area contributed by atoms with Crippen molar-refractivity contribution in [2.75, 3.05) is 11.1 Å². The number of rotatable bonds is 8. The summed E-state index contributed by atoms with van der Waals surface area (Å²) in [5.74, 6) is 1.69. The Hall–Kier alpha value is -2.51. The molecule has 8 heteroatoms. The zero-order chi connectivity index (χ0) is 20.8. The lowest BCUT2D eigenvalue weighted by Gasteiger charge is -2.11. The highest BCUT2D eigenvalue weighted by Gasteiger charge is 2.14. The minimum Gasteiger partial charge on any atom is -0.485 e. The van der Waals surface area contributed by atoms with E-state index in [0.29, 0.717) is 29.0 Å². The molecular weight excluding hydrogens is 408 g/mol. The van der Waals surface area contributed by atoms with Crippen LogP contribution in [0.3, 0.4) is 0 Å². The van der Waals surface area contributed by atoms with E-state index in [-0.39, 0.29) is 11.7 Å². The molecule has 6 nitrogen and oxygen atoms in total. The van der Waals surface area contributed by atoms with Crippen LogP contribution in [0.25, 0.3) is 0 Å². The zero-order valence-corrected chi connectivity index (χ0v) is 18.2. The number of nitrogens with one attached hydrogen (secondary N) is 1. The van der Waals surface area contributed by atoms with E-state index in [0.717, 1.165) is 17.1 Å². The molecule has 0 saturated heterocycles. The van der Waals surface area contributed by atoms with E-state index in [2.05, 4.69) is 28.5 Å². The fourth-order valence-electron chi connectivity index (χ4n) is 2.73. The number of nitrogens with zero attached hydrogens (tertiary/aromatic N) is 3. The molecule has 0 bridgehead atoms. The topological polar surface area (TPSA) is 69.0 Å². The summed E-state index contributed by atoms with van der Waals surface area (Å²) in [6.07, 6.45) is 0. The average molecular weight is 431 g/mol. The number of hydrogen-bond acceptors (Lipinski definition) is 5. The van der Waals surface area contributed by atoms with Gasteiger partial charge in [0.05, 0.1) is 5.75 Å². The van der Waals surface area contributed by atoms with Gasteiger partial charge in [0.15, 0.2) is 11.0 Å². The van der Waals surface area contributed by atoms with E-state index >= 15 is 0 Å². The smallest absolute Gasteiger partial charge is 0.234 e. The Balaban J connectivity index is 1.59. The number of halogens is 1. The minimum absolute atomic E-state index is 0.115. The molecule has 1 amide bonds. The third kappa shape index (κ3) is 5.52. The number of carbonyl (C=O) groups excluding carboxylic acids is 1. The van der Waals surface area contributed by atoms with E-state index in [1.165, 1.54) is 17.3 Å². The second kappa shape index (κ2) is 9.80. The molecule has 0 aliphatic heterocycles.